The van der Waals surface area contributed by atoms with E-state index in [2.05, 4.69) is 0 Å². The van der Waals surface area contributed by atoms with Gasteiger partial charge in [0.1, 0.15) is 0 Å². The van der Waals surface area contributed by atoms with Crippen LogP contribution in [0.5, 0.6) is 0 Å². The van der Waals surface area contributed by atoms with E-state index >= 15 is 0 Å². The standard InChI is InChI=1S/C8H7ClS/c9-6-7-10-8-4-2-1-3-5-8/h1-7H/b7-6+/i6D,7D. The molecule has 0 spiro atoms. The maximum absolute atomic E-state index is 7.29. The molecule has 0 aromatic heterocycles. The molecule has 0 atom stereocenters. The van der Waals surface area contributed by atoms with E-state index in [0.29, 0.717) is 0 Å². The first-order valence-corrected chi connectivity index (χ1v) is 3.95. The molecule has 0 fully saturated rings. The predicted molar refractivity (Wildman–Crippen MR) is 47.3 cm³/mol. The van der Waals surface area contributed by atoms with E-state index in [9.17, 15) is 0 Å². The molecule has 0 N–H and O–H groups in total. The van der Waals surface area contributed by atoms with Crippen LogP contribution in [0.3, 0.4) is 0 Å². The summed E-state index contributed by atoms with van der Waals surface area (Å²) >= 11 is 6.49. The van der Waals surface area contributed by atoms with Gasteiger partial charge in [-0.1, -0.05) is 41.6 Å². The molecule has 0 amide bonds. The van der Waals surface area contributed by atoms with Crippen LogP contribution in [0.2, 0.25) is 0 Å². The molecule has 0 radical (unpaired) electrons. The Morgan fingerprint density at radius 1 is 1.40 bits per heavy atom. The van der Waals surface area contributed by atoms with Gasteiger partial charge in [-0.15, -0.1) is 0 Å². The quantitative estimate of drug-likeness (QED) is 0.616. The second-order valence-electron chi connectivity index (χ2n) is 1.61. The van der Waals surface area contributed by atoms with Crippen LogP contribution in [0.1, 0.15) is 2.74 Å². The van der Waals surface area contributed by atoms with Crippen molar-refractivity contribution in [3.8, 4) is 0 Å². The van der Waals surface area contributed by atoms with Crippen molar-refractivity contribution < 1.29 is 2.74 Å². The van der Waals surface area contributed by atoms with Gasteiger partial charge in [-0.25, -0.2) is 0 Å². The van der Waals surface area contributed by atoms with E-state index in [1.807, 2.05) is 30.3 Å². The molecule has 0 saturated heterocycles. The maximum Gasteiger partial charge on any atom is 0.0761 e. The molecule has 0 aliphatic rings. The van der Waals surface area contributed by atoms with E-state index in [1.165, 1.54) is 11.8 Å². The highest BCUT2D eigenvalue weighted by Gasteiger charge is 1.84. The van der Waals surface area contributed by atoms with Crippen molar-refractivity contribution in [3.05, 3.63) is 41.2 Å². The van der Waals surface area contributed by atoms with Crippen molar-refractivity contribution in [1.29, 1.82) is 0 Å². The van der Waals surface area contributed by atoms with Gasteiger partial charge in [0.2, 0.25) is 0 Å². The van der Waals surface area contributed by atoms with Gasteiger partial charge in [0, 0.05) is 10.4 Å². The largest absolute Gasteiger partial charge is 0.0972 e. The third-order valence-corrected chi connectivity index (χ3v) is 1.87. The molecule has 52 valence electrons. The highest BCUT2D eigenvalue weighted by atomic mass is 35.5. The summed E-state index contributed by atoms with van der Waals surface area (Å²) in [6, 6.07) is 9.42. The molecular formula is C8H7ClS. The molecule has 0 unspecified atom stereocenters. The van der Waals surface area contributed by atoms with Gasteiger partial charge in [-0.2, -0.15) is 0 Å². The molecule has 0 saturated carbocycles. The lowest BCUT2D eigenvalue weighted by atomic mass is 10.4. The summed E-state index contributed by atoms with van der Waals surface area (Å²) < 4.78 is 14.3. The number of hydrogen-bond donors (Lipinski definition) is 0. The number of rotatable bonds is 2. The summed E-state index contributed by atoms with van der Waals surface area (Å²) in [6.45, 7) is 0. The van der Waals surface area contributed by atoms with Crippen LogP contribution in [-0.2, 0) is 0 Å². The topological polar surface area (TPSA) is 0 Å². The molecule has 0 bridgehead atoms. The van der Waals surface area contributed by atoms with Gasteiger partial charge in [0.15, 0.2) is 0 Å². The monoisotopic (exact) mass is 172 g/mol. The Bertz CT molecular complexity index is 280. The van der Waals surface area contributed by atoms with Crippen LogP contribution in [0.25, 0.3) is 0 Å². The lowest BCUT2D eigenvalue weighted by Crippen LogP contribution is -1.62. The molecule has 1 rings (SSSR count). The summed E-state index contributed by atoms with van der Waals surface area (Å²) in [5.74, 6) is 0. The van der Waals surface area contributed by atoms with Crippen LogP contribution in [0.4, 0.5) is 0 Å². The van der Waals surface area contributed by atoms with Crippen LogP contribution in [-0.4, -0.2) is 0 Å². The van der Waals surface area contributed by atoms with Gasteiger partial charge in [-0.3, -0.25) is 0 Å². The Kier molecular flexibility index (Phi) is 2.33. The lowest BCUT2D eigenvalue weighted by molar-refractivity contribution is 1.47. The second kappa shape index (κ2) is 4.42. The van der Waals surface area contributed by atoms with Crippen molar-refractivity contribution >= 4 is 23.4 Å². The zero-order chi connectivity index (χ0) is 8.97. The second-order valence-corrected chi connectivity index (χ2v) is 2.68. The van der Waals surface area contributed by atoms with Crippen LogP contribution in [0.15, 0.2) is 46.1 Å². The summed E-state index contributed by atoms with van der Waals surface area (Å²) in [4.78, 5) is 0.924. The molecule has 1 aromatic rings. The molecule has 10 heavy (non-hydrogen) atoms. The summed E-state index contributed by atoms with van der Waals surface area (Å²) in [6.07, 6.45) is 0. The number of hydrogen-bond acceptors (Lipinski definition) is 1. The zero-order valence-corrected chi connectivity index (χ0v) is 6.75. The van der Waals surface area contributed by atoms with Crippen molar-refractivity contribution in [1.82, 2.24) is 0 Å². The summed E-state index contributed by atoms with van der Waals surface area (Å²) in [5, 5.41) is 0.0721. The summed E-state index contributed by atoms with van der Waals surface area (Å²) in [5.41, 5.74) is -0.219. The fraction of sp³-hybridized carbons (Fsp3) is 0. The average Bonchev–Trinajstić information content (AvgIpc) is 2.06. The van der Waals surface area contributed by atoms with Crippen LogP contribution >= 0.6 is 23.4 Å². The Morgan fingerprint density at radius 2 is 2.10 bits per heavy atom. The van der Waals surface area contributed by atoms with Crippen molar-refractivity contribution in [2.24, 2.45) is 0 Å². The Morgan fingerprint density at radius 3 is 2.70 bits per heavy atom. The van der Waals surface area contributed by atoms with E-state index in [4.69, 9.17) is 14.3 Å². The molecule has 0 aliphatic heterocycles. The normalized spacial score (nSPS) is 15.3. The first-order chi connectivity index (χ1) is 5.70. The lowest BCUT2D eigenvalue weighted by Gasteiger charge is -1.91. The van der Waals surface area contributed by atoms with Crippen molar-refractivity contribution in [3.63, 3.8) is 0 Å². The number of halogens is 1. The van der Waals surface area contributed by atoms with E-state index < -0.39 is 0 Å². The Balaban J connectivity index is 2.72. The fourth-order valence-electron chi connectivity index (χ4n) is 0.567. The molecule has 2 heteroatoms. The Hall–Kier alpha value is -0.400. The number of thioether (sulfide) groups is 1. The van der Waals surface area contributed by atoms with Crippen molar-refractivity contribution in [2.75, 3.05) is 0 Å². The minimum atomic E-state index is -0.219. The van der Waals surface area contributed by atoms with E-state index in [-0.39, 0.29) is 10.9 Å². The molecule has 0 aliphatic carbocycles. The molecule has 0 nitrogen and oxygen atoms in total. The number of benzene rings is 1. The van der Waals surface area contributed by atoms with E-state index in [1.54, 1.807) is 0 Å². The molecule has 0 heterocycles. The van der Waals surface area contributed by atoms with Gasteiger partial charge < -0.3 is 0 Å². The first-order valence-electron chi connectivity index (χ1n) is 3.76. The maximum atomic E-state index is 7.29. The molecule has 1 aromatic carbocycles. The van der Waals surface area contributed by atoms with Crippen LogP contribution in [0, 0.1) is 0 Å². The Labute approximate surface area is 72.7 Å². The SMILES string of the molecule is [2H]/C(Cl)=C(/[2H])Sc1ccccc1. The van der Waals surface area contributed by atoms with Gasteiger partial charge in [0.25, 0.3) is 0 Å². The van der Waals surface area contributed by atoms with Gasteiger partial charge in [-0.05, 0) is 17.5 Å². The fourth-order valence-corrected chi connectivity index (χ4v) is 1.13. The van der Waals surface area contributed by atoms with Crippen LogP contribution < -0.4 is 0 Å². The molecular weight excluding hydrogens is 164 g/mol. The van der Waals surface area contributed by atoms with Gasteiger partial charge in [0.05, 0.1) is 2.74 Å². The average molecular weight is 173 g/mol. The predicted octanol–water partition coefficient (Wildman–Crippen LogP) is 3.49. The highest BCUT2D eigenvalue weighted by molar-refractivity contribution is 8.02. The first kappa shape index (κ1) is 5.28. The van der Waals surface area contributed by atoms with Crippen molar-refractivity contribution in [2.45, 2.75) is 4.90 Å². The minimum absolute atomic E-state index is 0.0721. The smallest absolute Gasteiger partial charge is 0.0761 e. The van der Waals surface area contributed by atoms with Gasteiger partial charge >= 0.3 is 0 Å². The zero-order valence-electron chi connectivity index (χ0n) is 7.17. The minimum Gasteiger partial charge on any atom is -0.0972 e. The van der Waals surface area contributed by atoms with E-state index in [0.717, 1.165) is 4.90 Å². The third kappa shape index (κ3) is 2.46. The summed E-state index contributed by atoms with van der Waals surface area (Å²) in [7, 11) is 0. The highest BCUT2D eigenvalue weighted by Crippen LogP contribution is 2.17. The third-order valence-electron chi connectivity index (χ3n) is 0.951.